The number of allylic oxidation sites excluding steroid dienone is 2. The summed E-state index contributed by atoms with van der Waals surface area (Å²) in [6.07, 6.45) is 0. The molecule has 13 heteroatoms. The number of imide groups is 1. The Morgan fingerprint density at radius 2 is 1.42 bits per heavy atom. The molecule has 3 aliphatic rings. The van der Waals surface area contributed by atoms with Gasteiger partial charge in [-0.2, -0.15) is 0 Å². The summed E-state index contributed by atoms with van der Waals surface area (Å²) in [5.41, 5.74) is 0.813. The molecule has 2 aromatic carbocycles. The van der Waals surface area contributed by atoms with E-state index in [2.05, 4.69) is 5.32 Å². The Hall–Kier alpha value is -1.38. The van der Waals surface area contributed by atoms with Crippen molar-refractivity contribution in [3.05, 3.63) is 63.1 Å². The van der Waals surface area contributed by atoms with Gasteiger partial charge in [0, 0.05) is 10.6 Å². The molecule has 2 aromatic rings. The minimum absolute atomic E-state index is 0.168. The maximum Gasteiger partial charge on any atom is 0.255 e. The zero-order valence-corrected chi connectivity index (χ0v) is 23.2. The van der Waals surface area contributed by atoms with Gasteiger partial charge in [-0.1, -0.05) is 58.0 Å². The summed E-state index contributed by atoms with van der Waals surface area (Å²) < 4.78 is 3.23. The Morgan fingerprint density at radius 1 is 0.889 bits per heavy atom. The number of hydrogen-bond acceptors (Lipinski definition) is 4. The number of ether oxygens (including phenoxy) is 1. The van der Waals surface area contributed by atoms with E-state index in [0.29, 0.717) is 16.5 Å². The fraction of sp³-hybridized carbons (Fsp3) is 0.261. The smallest absolute Gasteiger partial charge is 0.255 e. The van der Waals surface area contributed by atoms with Crippen LogP contribution in [0.3, 0.4) is 0 Å². The van der Waals surface area contributed by atoms with Crippen LogP contribution in [0.1, 0.15) is 10.4 Å². The highest BCUT2D eigenvalue weighted by atomic mass is 35.5. The number of alkyl halides is 4. The van der Waals surface area contributed by atoms with Crippen molar-refractivity contribution in [3.8, 4) is 5.75 Å². The monoisotopic (exact) mass is 626 g/mol. The zero-order valence-electron chi connectivity index (χ0n) is 17.9. The van der Waals surface area contributed by atoms with Gasteiger partial charge >= 0.3 is 0 Å². The fourth-order valence-corrected chi connectivity index (χ4v) is 8.08. The third-order valence-electron chi connectivity index (χ3n) is 6.71. The van der Waals surface area contributed by atoms with Crippen LogP contribution in [0.5, 0.6) is 5.75 Å². The number of fused-ring (bicyclic) bond motifs is 5. The Labute approximate surface area is 240 Å². The van der Waals surface area contributed by atoms with E-state index in [1.54, 1.807) is 18.2 Å². The first kappa shape index (κ1) is 26.2. The van der Waals surface area contributed by atoms with Gasteiger partial charge < -0.3 is 10.1 Å². The van der Waals surface area contributed by atoms with Crippen LogP contribution in [0.2, 0.25) is 5.02 Å². The quantitative estimate of drug-likeness (QED) is 0.308. The van der Waals surface area contributed by atoms with Crippen molar-refractivity contribution in [2.24, 2.45) is 11.8 Å². The molecule has 0 radical (unpaired) electrons. The van der Waals surface area contributed by atoms with E-state index in [1.807, 2.05) is 0 Å². The molecule has 6 nitrogen and oxygen atoms in total. The van der Waals surface area contributed by atoms with Gasteiger partial charge in [-0.3, -0.25) is 14.4 Å². The van der Waals surface area contributed by atoms with Gasteiger partial charge in [-0.15, -0.1) is 23.2 Å². The topological polar surface area (TPSA) is 75.7 Å². The first-order valence-electron chi connectivity index (χ1n) is 10.3. The average Bonchev–Trinajstić information content (AvgIpc) is 3.23. The molecule has 1 N–H and O–H groups in total. The molecule has 0 spiro atoms. The van der Waals surface area contributed by atoms with Gasteiger partial charge in [-0.05, 0) is 42.5 Å². The molecule has 188 valence electrons. The highest BCUT2D eigenvalue weighted by Gasteiger charge is 2.87. The van der Waals surface area contributed by atoms with Gasteiger partial charge in [0.05, 0.1) is 40.4 Å². The number of nitrogens with zero attached hydrogens (tertiary/aromatic N) is 1. The molecular formula is C23H13Cl7N2O4. The van der Waals surface area contributed by atoms with Crippen LogP contribution in [0, 0.1) is 11.8 Å². The Kier molecular flexibility index (Phi) is 6.24. The van der Waals surface area contributed by atoms with Crippen LogP contribution < -0.4 is 15.0 Å². The molecule has 1 aliphatic heterocycles. The first-order chi connectivity index (χ1) is 16.8. The highest BCUT2D eigenvalue weighted by molar-refractivity contribution is 6.67. The van der Waals surface area contributed by atoms with Gasteiger partial charge in [0.25, 0.3) is 5.91 Å². The minimum atomic E-state index is -2.01. The van der Waals surface area contributed by atoms with Gasteiger partial charge in [-0.25, -0.2) is 4.90 Å². The number of rotatable bonds is 4. The molecule has 1 heterocycles. The second-order valence-corrected chi connectivity index (χ2v) is 12.2. The molecule has 0 unspecified atom stereocenters. The number of benzene rings is 2. The summed E-state index contributed by atoms with van der Waals surface area (Å²) in [4.78, 5) is 36.8. The normalized spacial score (nSPS) is 30.2. The van der Waals surface area contributed by atoms with Crippen molar-refractivity contribution in [2.75, 3.05) is 17.3 Å². The van der Waals surface area contributed by atoms with Gasteiger partial charge in [0.1, 0.15) is 15.5 Å². The molecule has 1 saturated carbocycles. The van der Waals surface area contributed by atoms with Crippen LogP contribution in [-0.2, 0) is 9.59 Å². The van der Waals surface area contributed by atoms with Crippen molar-refractivity contribution in [1.82, 2.24) is 0 Å². The predicted octanol–water partition coefficient (Wildman–Crippen LogP) is 6.55. The van der Waals surface area contributed by atoms with E-state index >= 15 is 0 Å². The Bertz CT molecular complexity index is 1330. The van der Waals surface area contributed by atoms with Crippen molar-refractivity contribution in [1.29, 1.82) is 0 Å². The number of methoxy groups -OCH3 is 1. The molecule has 1 saturated heterocycles. The summed E-state index contributed by atoms with van der Waals surface area (Å²) in [5, 5.41) is 2.79. The number of carbonyl (C=O) groups excluding carboxylic acids is 3. The second kappa shape index (κ2) is 8.57. The summed E-state index contributed by atoms with van der Waals surface area (Å²) in [6, 6.07) is 10.6. The van der Waals surface area contributed by atoms with Crippen LogP contribution in [0.4, 0.5) is 11.4 Å². The molecule has 4 atom stereocenters. The summed E-state index contributed by atoms with van der Waals surface area (Å²) in [7, 11) is 1.46. The lowest BCUT2D eigenvalue weighted by molar-refractivity contribution is -0.123. The predicted molar refractivity (Wildman–Crippen MR) is 142 cm³/mol. The van der Waals surface area contributed by atoms with Crippen LogP contribution in [-0.4, -0.2) is 38.9 Å². The third-order valence-corrected chi connectivity index (χ3v) is 11.2. The van der Waals surface area contributed by atoms with Crippen LogP contribution in [0.25, 0.3) is 0 Å². The standard InChI is InChI=1S/C23H13Cl7N2O4/c1-36-13-7-4-10(24)8-12(13)31-18(33)9-2-5-11(6-3-9)32-19(34)14-15(20(32)35)22(28)17(26)16(25)21(14,27)23(22,29)30/h2-8,14-15H,1H3,(H,31,33)/t14-,15-,21+,22+/m0/s1. The Balaban J connectivity index is 1.44. The van der Waals surface area contributed by atoms with Gasteiger partial charge in [0.2, 0.25) is 11.8 Å². The number of amides is 3. The van der Waals surface area contributed by atoms with E-state index < -0.39 is 43.6 Å². The number of hydrogen-bond donors (Lipinski definition) is 1. The van der Waals surface area contributed by atoms with Crippen molar-refractivity contribution in [3.63, 3.8) is 0 Å². The average molecular weight is 630 g/mol. The number of nitrogens with one attached hydrogen (secondary N) is 1. The number of anilines is 2. The number of carbonyl (C=O) groups is 3. The molecule has 5 rings (SSSR count). The summed E-state index contributed by atoms with van der Waals surface area (Å²) >= 11 is 45.1. The third kappa shape index (κ3) is 3.16. The molecule has 2 bridgehead atoms. The maximum absolute atomic E-state index is 13.5. The van der Waals surface area contributed by atoms with E-state index in [-0.39, 0.29) is 21.3 Å². The van der Waals surface area contributed by atoms with Crippen molar-refractivity contribution < 1.29 is 19.1 Å². The largest absolute Gasteiger partial charge is 0.495 e. The molecule has 2 fully saturated rings. The van der Waals surface area contributed by atoms with Gasteiger partial charge in [0.15, 0.2) is 4.33 Å². The SMILES string of the molecule is COc1ccc(Cl)cc1NC(=O)c1ccc(N2C(=O)[C@@H]3[C@@H](C2=O)[C@@]2(Cl)C(Cl)=C(Cl)[C@@]3(Cl)C2(Cl)Cl)cc1. The van der Waals surface area contributed by atoms with Crippen molar-refractivity contribution >= 4 is 110 Å². The molecule has 0 aromatic heterocycles. The molecule has 36 heavy (non-hydrogen) atoms. The maximum atomic E-state index is 13.5. The summed E-state index contributed by atoms with van der Waals surface area (Å²) in [6.45, 7) is 0. The fourth-order valence-electron chi connectivity index (χ4n) is 4.98. The zero-order chi connectivity index (χ0) is 26.4. The van der Waals surface area contributed by atoms with E-state index in [1.165, 1.54) is 31.4 Å². The van der Waals surface area contributed by atoms with Crippen molar-refractivity contribution in [2.45, 2.75) is 14.1 Å². The molecule has 2 aliphatic carbocycles. The second-order valence-electron chi connectivity index (χ2n) is 8.44. The lowest BCUT2D eigenvalue weighted by Crippen LogP contribution is -2.50. The van der Waals surface area contributed by atoms with E-state index in [4.69, 9.17) is 85.9 Å². The molecular weight excluding hydrogens is 616 g/mol. The lowest BCUT2D eigenvalue weighted by atomic mass is 9.84. The number of halogens is 7. The highest BCUT2D eigenvalue weighted by Crippen LogP contribution is 2.77. The van der Waals surface area contributed by atoms with Crippen LogP contribution >= 0.6 is 81.2 Å². The molecule has 3 amide bonds. The Morgan fingerprint density at radius 3 is 1.92 bits per heavy atom. The first-order valence-corrected chi connectivity index (χ1v) is 12.9. The minimum Gasteiger partial charge on any atom is -0.495 e. The van der Waals surface area contributed by atoms with E-state index in [0.717, 1.165) is 4.90 Å². The van der Waals surface area contributed by atoms with E-state index in [9.17, 15) is 14.4 Å². The van der Waals surface area contributed by atoms with Crippen LogP contribution in [0.15, 0.2) is 52.5 Å². The summed E-state index contributed by atoms with van der Waals surface area (Å²) in [5.74, 6) is -3.90. The lowest BCUT2D eigenvalue weighted by Gasteiger charge is -2.34.